The summed E-state index contributed by atoms with van der Waals surface area (Å²) in [7, 11) is 0. The van der Waals surface area contributed by atoms with E-state index in [9.17, 15) is 13.2 Å². The lowest BCUT2D eigenvalue weighted by Crippen LogP contribution is -2.14. The highest BCUT2D eigenvalue weighted by molar-refractivity contribution is 7.99. The molecule has 0 bridgehead atoms. The minimum atomic E-state index is -4.48. The maximum absolute atomic E-state index is 12.7. The highest BCUT2D eigenvalue weighted by atomic mass is 35.5. The van der Waals surface area contributed by atoms with E-state index in [0.29, 0.717) is 11.0 Å². The number of alkyl halides is 4. The molecule has 0 aliphatic carbocycles. The second-order valence-corrected chi connectivity index (χ2v) is 5.52. The molecule has 2 nitrogen and oxygen atoms in total. The molecule has 0 aliphatic heterocycles. The van der Waals surface area contributed by atoms with Crippen LogP contribution in [0.25, 0.3) is 0 Å². The highest BCUT2D eigenvalue weighted by Gasteiger charge is 2.35. The van der Waals surface area contributed by atoms with Crippen LogP contribution in [0, 0.1) is 0 Å². The standard InChI is InChI=1S/C11H14ClF3N2S/c1-3-7(2)18-6-9-16-5-8(4-12)10(17-9)11(13,14)15/h5,7H,3-4,6H2,1-2H3. The maximum Gasteiger partial charge on any atom is 0.433 e. The Morgan fingerprint density at radius 1 is 1.44 bits per heavy atom. The molecule has 0 amide bonds. The third-order valence-corrected chi connectivity index (χ3v) is 4.01. The second kappa shape index (κ2) is 6.61. The minimum absolute atomic E-state index is 0.0820. The van der Waals surface area contributed by atoms with Crippen LogP contribution in [0.5, 0.6) is 0 Å². The van der Waals surface area contributed by atoms with Crippen LogP contribution in [-0.4, -0.2) is 15.2 Å². The summed E-state index contributed by atoms with van der Waals surface area (Å²) < 4.78 is 38.2. The molecule has 1 rings (SSSR count). The van der Waals surface area contributed by atoms with Crippen LogP contribution in [0.1, 0.15) is 37.4 Å². The molecule has 0 aliphatic rings. The zero-order chi connectivity index (χ0) is 13.8. The summed E-state index contributed by atoms with van der Waals surface area (Å²) in [6, 6.07) is 0. The molecule has 1 heterocycles. The van der Waals surface area contributed by atoms with Crippen molar-refractivity contribution in [1.29, 1.82) is 0 Å². The van der Waals surface area contributed by atoms with Crippen LogP contribution in [0.4, 0.5) is 13.2 Å². The third kappa shape index (κ3) is 4.31. The summed E-state index contributed by atoms with van der Waals surface area (Å²) in [5.41, 5.74) is -1.01. The molecule has 18 heavy (non-hydrogen) atoms. The van der Waals surface area contributed by atoms with Gasteiger partial charge in [-0.3, -0.25) is 0 Å². The normalized spacial score (nSPS) is 13.7. The molecule has 0 N–H and O–H groups in total. The van der Waals surface area contributed by atoms with Gasteiger partial charge >= 0.3 is 6.18 Å². The molecule has 0 aromatic carbocycles. The predicted octanol–water partition coefficient (Wildman–Crippen LogP) is 4.27. The first kappa shape index (κ1) is 15.6. The van der Waals surface area contributed by atoms with Crippen molar-refractivity contribution in [2.45, 2.75) is 43.3 Å². The topological polar surface area (TPSA) is 25.8 Å². The van der Waals surface area contributed by atoms with Crippen molar-refractivity contribution in [2.24, 2.45) is 0 Å². The van der Waals surface area contributed by atoms with Gasteiger partial charge in [-0.15, -0.1) is 11.6 Å². The number of hydrogen-bond acceptors (Lipinski definition) is 3. The summed E-state index contributed by atoms with van der Waals surface area (Å²) >= 11 is 6.99. The molecule has 0 saturated heterocycles. The van der Waals surface area contributed by atoms with E-state index in [1.165, 1.54) is 11.8 Å². The van der Waals surface area contributed by atoms with E-state index < -0.39 is 11.9 Å². The van der Waals surface area contributed by atoms with Gasteiger partial charge in [0, 0.05) is 17.0 Å². The van der Waals surface area contributed by atoms with Gasteiger partial charge in [0.15, 0.2) is 5.69 Å². The molecule has 0 spiro atoms. The smallest absolute Gasteiger partial charge is 0.240 e. The summed E-state index contributed by atoms with van der Waals surface area (Å²) in [4.78, 5) is 7.49. The maximum atomic E-state index is 12.7. The second-order valence-electron chi connectivity index (χ2n) is 3.82. The van der Waals surface area contributed by atoms with Crippen molar-refractivity contribution in [3.8, 4) is 0 Å². The van der Waals surface area contributed by atoms with E-state index in [2.05, 4.69) is 9.97 Å². The molecular weight excluding hydrogens is 285 g/mol. The van der Waals surface area contributed by atoms with Gasteiger partial charge in [-0.1, -0.05) is 13.8 Å². The Hall–Kier alpha value is -0.490. The lowest BCUT2D eigenvalue weighted by molar-refractivity contribution is -0.141. The molecule has 1 aromatic heterocycles. The van der Waals surface area contributed by atoms with E-state index in [4.69, 9.17) is 11.6 Å². The highest BCUT2D eigenvalue weighted by Crippen LogP contribution is 2.31. The Morgan fingerprint density at radius 2 is 2.11 bits per heavy atom. The van der Waals surface area contributed by atoms with Crippen molar-refractivity contribution in [3.05, 3.63) is 23.3 Å². The first-order valence-electron chi connectivity index (χ1n) is 5.48. The molecule has 0 radical (unpaired) electrons. The third-order valence-electron chi connectivity index (χ3n) is 2.40. The first-order chi connectivity index (χ1) is 8.38. The van der Waals surface area contributed by atoms with Crippen molar-refractivity contribution in [3.63, 3.8) is 0 Å². The van der Waals surface area contributed by atoms with Gasteiger partial charge in [0.1, 0.15) is 5.82 Å². The van der Waals surface area contributed by atoms with Crippen LogP contribution in [0.15, 0.2) is 6.20 Å². The first-order valence-corrected chi connectivity index (χ1v) is 7.06. The zero-order valence-corrected chi connectivity index (χ0v) is 11.7. The monoisotopic (exact) mass is 298 g/mol. The number of halogens is 4. The Kier molecular flexibility index (Phi) is 5.72. The lowest BCUT2D eigenvalue weighted by atomic mass is 10.2. The summed E-state index contributed by atoms with van der Waals surface area (Å²) in [5.74, 6) is 0.329. The van der Waals surface area contributed by atoms with E-state index in [1.807, 2.05) is 13.8 Å². The largest absolute Gasteiger partial charge is 0.433 e. The molecule has 1 unspecified atom stereocenters. The fourth-order valence-electron chi connectivity index (χ4n) is 1.19. The number of thioether (sulfide) groups is 1. The quantitative estimate of drug-likeness (QED) is 0.759. The molecular formula is C11H14ClF3N2S. The van der Waals surface area contributed by atoms with Gasteiger partial charge in [-0.05, 0) is 6.42 Å². The van der Waals surface area contributed by atoms with Crippen LogP contribution in [-0.2, 0) is 17.8 Å². The van der Waals surface area contributed by atoms with Crippen LogP contribution < -0.4 is 0 Å². The predicted molar refractivity (Wildman–Crippen MR) is 67.6 cm³/mol. The van der Waals surface area contributed by atoms with E-state index in [0.717, 1.165) is 12.6 Å². The SMILES string of the molecule is CCC(C)SCc1ncc(CCl)c(C(F)(F)F)n1. The Morgan fingerprint density at radius 3 is 2.61 bits per heavy atom. The summed E-state index contributed by atoms with van der Waals surface area (Å²) in [6.45, 7) is 4.04. The van der Waals surface area contributed by atoms with Crippen molar-refractivity contribution >= 4 is 23.4 Å². The van der Waals surface area contributed by atoms with Crippen molar-refractivity contribution in [2.75, 3.05) is 0 Å². The molecule has 102 valence electrons. The number of hydrogen-bond donors (Lipinski definition) is 0. The van der Waals surface area contributed by atoms with Crippen LogP contribution in [0.3, 0.4) is 0 Å². The lowest BCUT2D eigenvalue weighted by Gasteiger charge is -2.12. The van der Waals surface area contributed by atoms with E-state index in [-0.39, 0.29) is 17.3 Å². The molecule has 1 atom stereocenters. The number of aromatic nitrogens is 2. The Balaban J connectivity index is 2.90. The van der Waals surface area contributed by atoms with Crippen molar-refractivity contribution in [1.82, 2.24) is 9.97 Å². The van der Waals surface area contributed by atoms with Gasteiger partial charge in [0.2, 0.25) is 0 Å². The molecule has 0 saturated carbocycles. The average molecular weight is 299 g/mol. The summed E-state index contributed by atoms with van der Waals surface area (Å²) in [6.07, 6.45) is -2.37. The van der Waals surface area contributed by atoms with Crippen LogP contribution >= 0.6 is 23.4 Å². The number of rotatable bonds is 5. The van der Waals surface area contributed by atoms with Gasteiger partial charge in [-0.25, -0.2) is 9.97 Å². The van der Waals surface area contributed by atoms with E-state index in [1.54, 1.807) is 0 Å². The average Bonchev–Trinajstić information content (AvgIpc) is 2.34. The Bertz CT molecular complexity index is 398. The van der Waals surface area contributed by atoms with Crippen LogP contribution in [0.2, 0.25) is 0 Å². The molecule has 0 fully saturated rings. The van der Waals surface area contributed by atoms with Gasteiger partial charge in [0.25, 0.3) is 0 Å². The fraction of sp³-hybridized carbons (Fsp3) is 0.636. The summed E-state index contributed by atoms with van der Waals surface area (Å²) in [5, 5.41) is 0.371. The van der Waals surface area contributed by atoms with Crippen molar-refractivity contribution < 1.29 is 13.2 Å². The Labute approximate surface area is 113 Å². The van der Waals surface area contributed by atoms with E-state index >= 15 is 0 Å². The fourth-order valence-corrected chi connectivity index (χ4v) is 2.19. The van der Waals surface area contributed by atoms with Gasteiger partial charge in [0.05, 0.1) is 11.6 Å². The number of nitrogens with zero attached hydrogens (tertiary/aromatic N) is 2. The zero-order valence-electron chi connectivity index (χ0n) is 10.1. The van der Waals surface area contributed by atoms with Gasteiger partial charge in [-0.2, -0.15) is 24.9 Å². The van der Waals surface area contributed by atoms with Gasteiger partial charge < -0.3 is 0 Å². The molecule has 7 heteroatoms. The minimum Gasteiger partial charge on any atom is -0.240 e. The molecule has 1 aromatic rings.